The number of aromatic carboxylic acids is 1. The fraction of sp³-hybridized carbons (Fsp3) is 0.100. The van der Waals surface area contributed by atoms with E-state index < -0.39 is 11.5 Å². The van der Waals surface area contributed by atoms with Crippen molar-refractivity contribution in [3.05, 3.63) is 64.7 Å². The second-order valence-corrected chi connectivity index (χ2v) is 8.19. The average molecular weight is 509 g/mol. The number of fused-ring (bicyclic) bond motifs is 2. The zero-order chi connectivity index (χ0) is 22.2. The maximum atomic E-state index is 13.1. The topological polar surface area (TPSA) is 71.0 Å². The summed E-state index contributed by atoms with van der Waals surface area (Å²) >= 11 is 3.12. The molecule has 0 atom stereocenters. The summed E-state index contributed by atoms with van der Waals surface area (Å²) in [5, 5.41) is 12.2. The van der Waals surface area contributed by atoms with Crippen LogP contribution in [0.25, 0.3) is 11.2 Å². The Morgan fingerprint density at radius 3 is 2.87 bits per heavy atom. The summed E-state index contributed by atoms with van der Waals surface area (Å²) < 4.78 is 42.9. The van der Waals surface area contributed by atoms with E-state index in [4.69, 9.17) is 0 Å². The van der Waals surface area contributed by atoms with Gasteiger partial charge >= 0.3 is 11.5 Å². The molecule has 0 amide bonds. The van der Waals surface area contributed by atoms with Crippen molar-refractivity contribution >= 4 is 50.5 Å². The van der Waals surface area contributed by atoms with Gasteiger partial charge in [-0.15, -0.1) is 0 Å². The van der Waals surface area contributed by atoms with E-state index in [1.165, 1.54) is 22.9 Å². The number of nitrogens with zero attached hydrogens (tertiary/aromatic N) is 3. The van der Waals surface area contributed by atoms with Crippen LogP contribution in [-0.4, -0.2) is 36.9 Å². The molecule has 0 fully saturated rings. The number of nitrogens with one attached hydrogen (secondary N) is 1. The molecule has 4 heterocycles. The molecule has 2 N–H and O–H groups in total. The molecule has 0 aliphatic carbocycles. The van der Waals surface area contributed by atoms with Crippen LogP contribution in [0.2, 0.25) is 0 Å². The lowest BCUT2D eigenvalue weighted by molar-refractivity contribution is -0.0329. The molecule has 0 aliphatic rings. The number of carbonyl (C=O) groups is 1. The molecule has 31 heavy (non-hydrogen) atoms. The van der Waals surface area contributed by atoms with Gasteiger partial charge in [-0.3, -0.25) is 0 Å². The first kappa shape index (κ1) is 21.1. The fourth-order valence-electron chi connectivity index (χ4n) is 3.00. The second-order valence-electron chi connectivity index (χ2n) is 6.28. The summed E-state index contributed by atoms with van der Waals surface area (Å²) in [6, 6.07) is 6.40. The third-order valence-corrected chi connectivity index (χ3v) is 5.76. The second kappa shape index (κ2) is 8.20. The molecule has 11 heteroatoms. The van der Waals surface area contributed by atoms with Gasteiger partial charge < -0.3 is 19.2 Å². The van der Waals surface area contributed by atoms with Gasteiger partial charge in [-0.25, -0.2) is 9.78 Å². The highest BCUT2D eigenvalue weighted by Gasteiger charge is 2.32. The Bertz CT molecular complexity index is 1370. The van der Waals surface area contributed by atoms with Crippen molar-refractivity contribution in [1.29, 1.82) is 0 Å². The molecule has 0 aromatic carbocycles. The summed E-state index contributed by atoms with van der Waals surface area (Å²) in [6.45, 7) is 0.0785. The lowest BCUT2D eigenvalue weighted by Gasteiger charge is -2.07. The summed E-state index contributed by atoms with van der Waals surface area (Å²) in [5.74, 6) is 4.50. The molecule has 0 aliphatic heterocycles. The quantitative estimate of drug-likeness (QED) is 0.295. The first-order valence-corrected chi connectivity index (χ1v) is 10.3. The van der Waals surface area contributed by atoms with E-state index >= 15 is 0 Å². The van der Waals surface area contributed by atoms with Crippen LogP contribution in [-0.2, 0) is 0 Å². The molecular weight excluding hydrogens is 497 g/mol. The van der Waals surface area contributed by atoms with Crippen LogP contribution in [0, 0.1) is 11.8 Å². The number of pyridine rings is 2. The number of alkyl halides is 3. The predicted octanol–water partition coefficient (Wildman–Crippen LogP) is 5.12. The SMILES string of the molecule is O=C(O)c1cc(NCC#Cc2cc3c(Br)cccn3c2SC(F)(F)F)c2nccn2c1. The van der Waals surface area contributed by atoms with E-state index in [9.17, 15) is 23.1 Å². The van der Waals surface area contributed by atoms with Crippen molar-refractivity contribution in [2.75, 3.05) is 11.9 Å². The van der Waals surface area contributed by atoms with Crippen molar-refractivity contribution in [1.82, 2.24) is 13.8 Å². The van der Waals surface area contributed by atoms with E-state index in [2.05, 4.69) is 38.1 Å². The summed E-state index contributed by atoms with van der Waals surface area (Å²) in [5.41, 5.74) is -2.63. The van der Waals surface area contributed by atoms with Gasteiger partial charge in [-0.05, 0) is 40.2 Å². The molecule has 0 bridgehead atoms. The molecule has 158 valence electrons. The number of hydrogen-bond acceptors (Lipinski definition) is 4. The normalized spacial score (nSPS) is 11.5. The molecule has 4 aromatic heterocycles. The predicted molar refractivity (Wildman–Crippen MR) is 115 cm³/mol. The molecule has 0 saturated carbocycles. The third-order valence-electron chi connectivity index (χ3n) is 4.25. The van der Waals surface area contributed by atoms with Crippen molar-refractivity contribution in [2.45, 2.75) is 10.5 Å². The lowest BCUT2D eigenvalue weighted by Crippen LogP contribution is -2.05. The van der Waals surface area contributed by atoms with Crippen LogP contribution >= 0.6 is 27.7 Å². The summed E-state index contributed by atoms with van der Waals surface area (Å²) in [4.78, 5) is 15.5. The van der Waals surface area contributed by atoms with Gasteiger partial charge in [-0.2, -0.15) is 13.2 Å². The average Bonchev–Trinajstić information content (AvgIpc) is 3.30. The van der Waals surface area contributed by atoms with Crippen molar-refractivity contribution in [2.24, 2.45) is 0 Å². The third kappa shape index (κ3) is 4.50. The molecule has 0 saturated heterocycles. The molecule has 0 unspecified atom stereocenters. The van der Waals surface area contributed by atoms with Gasteiger partial charge in [0.05, 0.1) is 28.9 Å². The summed E-state index contributed by atoms with van der Waals surface area (Å²) in [7, 11) is 0. The van der Waals surface area contributed by atoms with Crippen molar-refractivity contribution in [3.63, 3.8) is 0 Å². The number of carboxylic acid groups (broad SMARTS) is 1. The molecule has 4 rings (SSSR count). The van der Waals surface area contributed by atoms with Crippen LogP contribution < -0.4 is 5.32 Å². The molecule has 6 nitrogen and oxygen atoms in total. The van der Waals surface area contributed by atoms with Crippen LogP contribution in [0.4, 0.5) is 18.9 Å². The Kier molecular flexibility index (Phi) is 5.60. The van der Waals surface area contributed by atoms with Gasteiger partial charge in [0, 0.05) is 41.0 Å². The number of rotatable bonds is 4. The van der Waals surface area contributed by atoms with Crippen molar-refractivity contribution < 1.29 is 23.1 Å². The number of hydrogen-bond donors (Lipinski definition) is 2. The minimum atomic E-state index is -4.46. The number of carboxylic acids is 1. The van der Waals surface area contributed by atoms with Gasteiger partial charge in [0.2, 0.25) is 0 Å². The number of imidazole rings is 1. The van der Waals surface area contributed by atoms with Crippen LogP contribution in [0.1, 0.15) is 15.9 Å². The Labute approximate surface area is 186 Å². The number of aromatic nitrogens is 3. The van der Waals surface area contributed by atoms with E-state index in [0.717, 1.165) is 0 Å². The smallest absolute Gasteiger partial charge is 0.447 e. The first-order valence-electron chi connectivity index (χ1n) is 8.71. The van der Waals surface area contributed by atoms with Crippen LogP contribution in [0.3, 0.4) is 0 Å². The Balaban J connectivity index is 1.64. The standard InChI is InChI=1S/C20H12BrF3N4O2S/c21-14-4-2-7-28-16(14)10-12(18(28)31-20(22,23)24)3-1-5-25-15-9-13(19(29)30)11-27-8-6-26-17(15)27/h2,4,6-11,25H,5H2,(H,29,30). The zero-order valence-corrected chi connectivity index (χ0v) is 17.8. The highest BCUT2D eigenvalue weighted by atomic mass is 79.9. The molecule has 0 radical (unpaired) electrons. The minimum absolute atomic E-state index is 0.0279. The largest absolute Gasteiger partial charge is 0.478 e. The van der Waals surface area contributed by atoms with Crippen LogP contribution in [0.5, 0.6) is 0 Å². The summed E-state index contributed by atoms with van der Waals surface area (Å²) in [6.07, 6.45) is 6.13. The zero-order valence-electron chi connectivity index (χ0n) is 15.4. The maximum Gasteiger partial charge on any atom is 0.447 e. The number of halogens is 4. The molecule has 4 aromatic rings. The number of anilines is 1. The Morgan fingerprint density at radius 2 is 2.13 bits per heavy atom. The van der Waals surface area contributed by atoms with Gasteiger partial charge in [0.1, 0.15) is 5.03 Å². The Morgan fingerprint density at radius 1 is 1.32 bits per heavy atom. The monoisotopic (exact) mass is 508 g/mol. The first-order chi connectivity index (χ1) is 14.7. The molecule has 0 spiro atoms. The van der Waals surface area contributed by atoms with E-state index in [1.807, 2.05) is 0 Å². The maximum absolute atomic E-state index is 13.1. The van der Waals surface area contributed by atoms with Crippen molar-refractivity contribution in [3.8, 4) is 11.8 Å². The van der Waals surface area contributed by atoms with Crippen LogP contribution in [0.15, 0.2) is 58.6 Å². The number of thioether (sulfide) groups is 1. The fourth-order valence-corrected chi connectivity index (χ4v) is 4.16. The van der Waals surface area contributed by atoms with Gasteiger partial charge in [0.15, 0.2) is 5.65 Å². The van der Waals surface area contributed by atoms with Gasteiger partial charge in [-0.1, -0.05) is 11.8 Å². The van der Waals surface area contributed by atoms with Gasteiger partial charge in [0.25, 0.3) is 0 Å². The van der Waals surface area contributed by atoms with E-state index in [0.29, 0.717) is 21.3 Å². The lowest BCUT2D eigenvalue weighted by atomic mass is 10.2. The Hall–Kier alpha value is -3.10. The van der Waals surface area contributed by atoms with E-state index in [1.54, 1.807) is 35.0 Å². The molecular formula is C20H12BrF3N4O2S. The highest BCUT2D eigenvalue weighted by Crippen LogP contribution is 2.40. The highest BCUT2D eigenvalue weighted by molar-refractivity contribution is 9.10. The van der Waals surface area contributed by atoms with E-state index in [-0.39, 0.29) is 34.5 Å². The minimum Gasteiger partial charge on any atom is -0.478 e.